The Morgan fingerprint density at radius 3 is 2.78 bits per heavy atom. The van der Waals surface area contributed by atoms with E-state index in [2.05, 4.69) is 9.97 Å². The van der Waals surface area contributed by atoms with Crippen LogP contribution in [0.2, 0.25) is 10.0 Å². The van der Waals surface area contributed by atoms with E-state index in [1.807, 2.05) is 12.1 Å². The molecule has 4 nitrogen and oxygen atoms in total. The van der Waals surface area contributed by atoms with Crippen molar-refractivity contribution in [3.05, 3.63) is 61.2 Å². The van der Waals surface area contributed by atoms with E-state index in [1.54, 1.807) is 29.5 Å². The van der Waals surface area contributed by atoms with Crippen molar-refractivity contribution >= 4 is 44.8 Å². The van der Waals surface area contributed by atoms with E-state index in [4.69, 9.17) is 27.6 Å². The molecule has 1 N–H and O–H groups in total. The largest absolute Gasteiger partial charge is 0.453 e. The third-order valence-electron chi connectivity index (χ3n) is 4.88. The van der Waals surface area contributed by atoms with Gasteiger partial charge in [-0.15, -0.1) is 11.3 Å². The average Bonchev–Trinajstić information content (AvgIpc) is 3.28. The van der Waals surface area contributed by atoms with Crippen molar-refractivity contribution < 1.29 is 4.42 Å². The highest BCUT2D eigenvalue weighted by Gasteiger charge is 2.21. The van der Waals surface area contributed by atoms with E-state index in [0.717, 1.165) is 29.5 Å². The molecule has 3 heterocycles. The van der Waals surface area contributed by atoms with Gasteiger partial charge in [-0.1, -0.05) is 29.3 Å². The molecule has 7 heteroatoms. The second kappa shape index (κ2) is 6.51. The van der Waals surface area contributed by atoms with Gasteiger partial charge in [0, 0.05) is 10.4 Å². The van der Waals surface area contributed by atoms with Gasteiger partial charge in [0.15, 0.2) is 11.6 Å². The molecule has 0 saturated carbocycles. The number of hydrogen-bond donors (Lipinski definition) is 1. The van der Waals surface area contributed by atoms with Crippen LogP contribution in [0.3, 0.4) is 0 Å². The van der Waals surface area contributed by atoms with E-state index in [1.165, 1.54) is 16.9 Å². The van der Waals surface area contributed by atoms with Crippen LogP contribution in [0.15, 0.2) is 39.5 Å². The minimum atomic E-state index is -0.104. The number of fused-ring (bicyclic) bond motifs is 3. The lowest BCUT2D eigenvalue weighted by Crippen LogP contribution is -2.11. The number of nitrogens with zero attached hydrogens (tertiary/aromatic N) is 1. The zero-order valence-corrected chi connectivity index (χ0v) is 16.5. The van der Waals surface area contributed by atoms with Gasteiger partial charge in [-0.25, -0.2) is 4.98 Å². The summed E-state index contributed by atoms with van der Waals surface area (Å²) >= 11 is 14.0. The number of H-pyrrole nitrogens is 1. The Labute approximate surface area is 168 Å². The third-order valence-corrected chi connectivity index (χ3v) is 6.89. The van der Waals surface area contributed by atoms with E-state index >= 15 is 0 Å². The Morgan fingerprint density at radius 2 is 1.89 bits per heavy atom. The molecule has 0 spiro atoms. The summed E-state index contributed by atoms with van der Waals surface area (Å²) in [7, 11) is 0. The molecular weight excluding hydrogens is 403 g/mol. The fourth-order valence-electron chi connectivity index (χ4n) is 3.58. The average molecular weight is 417 g/mol. The Hall–Kier alpha value is -2.08. The molecule has 0 unspecified atom stereocenters. The van der Waals surface area contributed by atoms with Crippen LogP contribution < -0.4 is 5.56 Å². The first-order valence-corrected chi connectivity index (χ1v) is 10.3. The fourth-order valence-corrected chi connectivity index (χ4v) is 5.24. The summed E-state index contributed by atoms with van der Waals surface area (Å²) in [6, 6.07) is 8.96. The van der Waals surface area contributed by atoms with Crippen LogP contribution in [0, 0.1) is 0 Å². The molecule has 1 aliphatic rings. The van der Waals surface area contributed by atoms with E-state index in [0.29, 0.717) is 33.0 Å². The monoisotopic (exact) mass is 416 g/mol. The third kappa shape index (κ3) is 2.81. The molecule has 1 aromatic carbocycles. The second-order valence-corrected chi connectivity index (χ2v) is 8.44. The van der Waals surface area contributed by atoms with Crippen LogP contribution in [0.4, 0.5) is 0 Å². The standard InChI is InChI=1S/C20H14Cl2N2O2S/c21-12-6-3-5-10(17(12)22)13-8-9-14(26-13)18-23-19(25)16-11-4-1-2-7-15(11)27-20(16)24-18/h3,5-6,8-9H,1-2,4,7H2,(H,23,24,25). The molecule has 0 aliphatic heterocycles. The number of nitrogens with one attached hydrogen (secondary N) is 1. The summed E-state index contributed by atoms with van der Waals surface area (Å²) in [5.74, 6) is 1.49. The van der Waals surface area contributed by atoms with Gasteiger partial charge in [0.25, 0.3) is 5.56 Å². The molecule has 0 atom stereocenters. The maximum absolute atomic E-state index is 12.7. The van der Waals surface area contributed by atoms with Gasteiger partial charge < -0.3 is 9.40 Å². The predicted octanol–water partition coefficient (Wildman–Crippen LogP) is 6.10. The zero-order chi connectivity index (χ0) is 18.5. The Morgan fingerprint density at radius 1 is 1.07 bits per heavy atom. The van der Waals surface area contributed by atoms with Gasteiger partial charge in [-0.3, -0.25) is 4.79 Å². The highest BCUT2D eigenvalue weighted by atomic mass is 35.5. The van der Waals surface area contributed by atoms with Crippen LogP contribution in [-0.2, 0) is 12.8 Å². The lowest BCUT2D eigenvalue weighted by Gasteiger charge is -2.09. The number of halogens is 2. The summed E-state index contributed by atoms with van der Waals surface area (Å²) in [5.41, 5.74) is 1.77. The molecular formula is C20H14Cl2N2O2S. The summed E-state index contributed by atoms with van der Waals surface area (Å²) < 4.78 is 5.93. The molecule has 3 aromatic heterocycles. The van der Waals surface area contributed by atoms with Crippen molar-refractivity contribution in [2.45, 2.75) is 25.7 Å². The molecule has 27 heavy (non-hydrogen) atoms. The summed E-state index contributed by atoms with van der Waals surface area (Å²) in [6.45, 7) is 0. The molecule has 0 bridgehead atoms. The number of thiophene rings is 1. The van der Waals surface area contributed by atoms with Crippen LogP contribution in [0.1, 0.15) is 23.3 Å². The number of aromatic nitrogens is 2. The predicted molar refractivity (Wildman–Crippen MR) is 110 cm³/mol. The Balaban J connectivity index is 1.61. The van der Waals surface area contributed by atoms with Gasteiger partial charge in [-0.2, -0.15) is 0 Å². The Kier molecular flexibility index (Phi) is 4.11. The number of hydrogen-bond acceptors (Lipinski definition) is 4. The first-order chi connectivity index (χ1) is 13.1. The van der Waals surface area contributed by atoms with E-state index < -0.39 is 0 Å². The van der Waals surface area contributed by atoms with Crippen LogP contribution in [0.25, 0.3) is 33.1 Å². The first kappa shape index (κ1) is 17.0. The molecule has 5 rings (SSSR count). The molecule has 1 aliphatic carbocycles. The quantitative estimate of drug-likeness (QED) is 0.429. The topological polar surface area (TPSA) is 58.9 Å². The molecule has 136 valence electrons. The summed E-state index contributed by atoms with van der Waals surface area (Å²) in [6.07, 6.45) is 4.29. The van der Waals surface area contributed by atoms with Gasteiger partial charge in [0.1, 0.15) is 10.6 Å². The highest BCUT2D eigenvalue weighted by molar-refractivity contribution is 7.18. The Bertz CT molecular complexity index is 1240. The van der Waals surface area contributed by atoms with Gasteiger partial charge in [0.05, 0.1) is 15.4 Å². The highest BCUT2D eigenvalue weighted by Crippen LogP contribution is 2.37. The van der Waals surface area contributed by atoms with Gasteiger partial charge in [-0.05, 0) is 55.5 Å². The number of benzene rings is 1. The summed E-state index contributed by atoms with van der Waals surface area (Å²) in [5, 5.41) is 1.63. The fraction of sp³-hybridized carbons (Fsp3) is 0.200. The minimum Gasteiger partial charge on any atom is -0.453 e. The maximum Gasteiger partial charge on any atom is 0.260 e. The van der Waals surface area contributed by atoms with Crippen molar-refractivity contribution in [2.75, 3.05) is 0 Å². The second-order valence-electron chi connectivity index (χ2n) is 6.57. The zero-order valence-electron chi connectivity index (χ0n) is 14.1. The lowest BCUT2D eigenvalue weighted by atomic mass is 9.97. The number of aryl methyl sites for hydroxylation is 2. The van der Waals surface area contributed by atoms with Crippen molar-refractivity contribution in [1.82, 2.24) is 9.97 Å². The molecule has 0 amide bonds. The van der Waals surface area contributed by atoms with Crippen LogP contribution in [0.5, 0.6) is 0 Å². The van der Waals surface area contributed by atoms with Crippen molar-refractivity contribution in [2.24, 2.45) is 0 Å². The summed E-state index contributed by atoms with van der Waals surface area (Å²) in [4.78, 5) is 22.3. The van der Waals surface area contributed by atoms with Crippen molar-refractivity contribution in [1.29, 1.82) is 0 Å². The van der Waals surface area contributed by atoms with Crippen LogP contribution in [-0.4, -0.2) is 9.97 Å². The van der Waals surface area contributed by atoms with Crippen molar-refractivity contribution in [3.63, 3.8) is 0 Å². The molecule has 4 aromatic rings. The van der Waals surface area contributed by atoms with Crippen molar-refractivity contribution in [3.8, 4) is 22.9 Å². The SMILES string of the molecule is O=c1[nH]c(-c2ccc(-c3cccc(Cl)c3Cl)o2)nc2sc3c(c12)CCCC3. The molecule has 0 saturated heterocycles. The van der Waals surface area contributed by atoms with Gasteiger partial charge >= 0.3 is 0 Å². The van der Waals surface area contributed by atoms with Gasteiger partial charge in [0.2, 0.25) is 0 Å². The number of aromatic amines is 1. The van der Waals surface area contributed by atoms with E-state index in [-0.39, 0.29) is 5.56 Å². The van der Waals surface area contributed by atoms with Crippen LogP contribution >= 0.6 is 34.5 Å². The lowest BCUT2D eigenvalue weighted by molar-refractivity contribution is 0.592. The van der Waals surface area contributed by atoms with E-state index in [9.17, 15) is 4.79 Å². The number of rotatable bonds is 2. The first-order valence-electron chi connectivity index (χ1n) is 8.71. The normalized spacial score (nSPS) is 13.9. The number of furan rings is 1. The smallest absolute Gasteiger partial charge is 0.260 e. The maximum atomic E-state index is 12.7. The minimum absolute atomic E-state index is 0.104. The molecule has 0 radical (unpaired) electrons. The molecule has 0 fully saturated rings.